The van der Waals surface area contributed by atoms with Gasteiger partial charge in [-0.15, -0.1) is 0 Å². The highest BCUT2D eigenvalue weighted by Gasteiger charge is 2.15. The lowest BCUT2D eigenvalue weighted by Gasteiger charge is -2.06. The van der Waals surface area contributed by atoms with Gasteiger partial charge >= 0.3 is 5.97 Å². The summed E-state index contributed by atoms with van der Waals surface area (Å²) in [5.74, 6) is -1.32. The normalized spacial score (nSPS) is 9.71. The topological polar surface area (TPSA) is 35.5 Å². The number of esters is 1. The number of methoxy groups -OCH3 is 2. The lowest BCUT2D eigenvalue weighted by molar-refractivity contribution is 0.0595. The predicted molar refractivity (Wildman–Crippen MR) is 49.3 cm³/mol. The van der Waals surface area contributed by atoms with Crippen molar-refractivity contribution < 1.29 is 18.7 Å². The number of ether oxygens (including phenoxy) is 2. The molecule has 1 aromatic carbocycles. The maximum Gasteiger partial charge on any atom is 0.340 e. The number of hydrogen-bond donors (Lipinski definition) is 0. The molecule has 0 heterocycles. The van der Waals surface area contributed by atoms with Crippen molar-refractivity contribution in [2.24, 2.45) is 0 Å². The summed E-state index contributed by atoms with van der Waals surface area (Å²) in [4.78, 5) is 11.0. The largest absolute Gasteiger partial charge is 0.495 e. The summed E-state index contributed by atoms with van der Waals surface area (Å²) >= 11 is 5.70. The Labute approximate surface area is 85.4 Å². The van der Waals surface area contributed by atoms with Gasteiger partial charge in [0.15, 0.2) is 0 Å². The highest BCUT2D eigenvalue weighted by Crippen LogP contribution is 2.27. The van der Waals surface area contributed by atoms with E-state index in [9.17, 15) is 9.18 Å². The van der Waals surface area contributed by atoms with E-state index in [4.69, 9.17) is 16.3 Å². The van der Waals surface area contributed by atoms with E-state index in [-0.39, 0.29) is 16.3 Å². The minimum Gasteiger partial charge on any atom is -0.495 e. The van der Waals surface area contributed by atoms with Gasteiger partial charge in [0.05, 0.1) is 24.8 Å². The molecule has 1 rings (SSSR count). The van der Waals surface area contributed by atoms with Crippen LogP contribution in [0.25, 0.3) is 0 Å². The Balaban J connectivity index is 3.21. The van der Waals surface area contributed by atoms with Crippen molar-refractivity contribution in [3.05, 3.63) is 28.5 Å². The molecule has 0 atom stereocenters. The van der Waals surface area contributed by atoms with Crippen LogP contribution in [0.1, 0.15) is 10.4 Å². The zero-order chi connectivity index (χ0) is 10.7. The van der Waals surface area contributed by atoms with Gasteiger partial charge < -0.3 is 9.47 Å². The molecule has 0 spiro atoms. The first-order chi connectivity index (χ1) is 6.60. The van der Waals surface area contributed by atoms with Gasteiger partial charge in [-0.05, 0) is 6.07 Å². The third-order valence-electron chi connectivity index (χ3n) is 1.65. The van der Waals surface area contributed by atoms with Crippen LogP contribution < -0.4 is 4.74 Å². The second-order valence-electron chi connectivity index (χ2n) is 2.46. The van der Waals surface area contributed by atoms with Gasteiger partial charge in [-0.25, -0.2) is 9.18 Å². The number of hydrogen-bond acceptors (Lipinski definition) is 3. The lowest BCUT2D eigenvalue weighted by atomic mass is 10.2. The van der Waals surface area contributed by atoms with Crippen molar-refractivity contribution in [1.29, 1.82) is 0 Å². The van der Waals surface area contributed by atoms with Gasteiger partial charge in [0.1, 0.15) is 11.6 Å². The van der Waals surface area contributed by atoms with E-state index >= 15 is 0 Å². The molecule has 0 N–H and O–H groups in total. The molecule has 3 nitrogen and oxygen atoms in total. The van der Waals surface area contributed by atoms with E-state index in [1.54, 1.807) is 0 Å². The van der Waals surface area contributed by atoms with E-state index < -0.39 is 11.8 Å². The van der Waals surface area contributed by atoms with Crippen molar-refractivity contribution in [2.45, 2.75) is 0 Å². The monoisotopic (exact) mass is 218 g/mol. The van der Waals surface area contributed by atoms with Gasteiger partial charge in [0.25, 0.3) is 0 Å². The number of rotatable bonds is 2. The highest BCUT2D eigenvalue weighted by molar-refractivity contribution is 6.32. The van der Waals surface area contributed by atoms with Gasteiger partial charge in [0.2, 0.25) is 0 Å². The third-order valence-corrected chi connectivity index (χ3v) is 1.94. The molecular weight excluding hydrogens is 211 g/mol. The second kappa shape index (κ2) is 4.28. The average molecular weight is 219 g/mol. The van der Waals surface area contributed by atoms with Gasteiger partial charge in [-0.1, -0.05) is 11.6 Å². The zero-order valence-electron chi connectivity index (χ0n) is 7.64. The SMILES string of the molecule is COC(=O)c1cc(Cl)c(OC)cc1F. The second-order valence-corrected chi connectivity index (χ2v) is 2.87. The number of carbonyl (C=O) groups excluding carboxylic acids is 1. The first-order valence-electron chi connectivity index (χ1n) is 3.71. The molecule has 0 aromatic heterocycles. The molecule has 1 aromatic rings. The summed E-state index contributed by atoms with van der Waals surface area (Å²) in [6, 6.07) is 2.20. The van der Waals surface area contributed by atoms with E-state index in [0.29, 0.717) is 0 Å². The van der Waals surface area contributed by atoms with Crippen LogP contribution in [0.5, 0.6) is 5.75 Å². The summed E-state index contributed by atoms with van der Waals surface area (Å²) in [6.45, 7) is 0. The molecule has 0 aliphatic carbocycles. The van der Waals surface area contributed by atoms with E-state index in [1.165, 1.54) is 20.3 Å². The van der Waals surface area contributed by atoms with Gasteiger partial charge in [-0.2, -0.15) is 0 Å². The molecule has 0 radical (unpaired) electrons. The Hall–Kier alpha value is -1.29. The standard InChI is InChI=1S/C9H8ClFO3/c1-13-8-4-7(11)5(3-6(8)10)9(12)14-2/h3-4H,1-2H3. The van der Waals surface area contributed by atoms with Crippen LogP contribution in [0, 0.1) is 5.82 Å². The van der Waals surface area contributed by atoms with Crippen molar-refractivity contribution in [2.75, 3.05) is 14.2 Å². The summed E-state index contributed by atoms with van der Waals surface area (Å²) in [5, 5.41) is 0.161. The molecule has 76 valence electrons. The Morgan fingerprint density at radius 2 is 2.07 bits per heavy atom. The number of benzene rings is 1. The summed E-state index contributed by atoms with van der Waals surface area (Å²) in [5.41, 5.74) is -0.210. The van der Waals surface area contributed by atoms with Crippen molar-refractivity contribution >= 4 is 17.6 Å². The van der Waals surface area contributed by atoms with Crippen molar-refractivity contribution in [3.63, 3.8) is 0 Å². The maximum atomic E-state index is 13.2. The summed E-state index contributed by atoms with van der Waals surface area (Å²) < 4.78 is 22.4. The fourth-order valence-corrected chi connectivity index (χ4v) is 1.19. The van der Waals surface area contributed by atoms with Crippen LogP contribution in [0.4, 0.5) is 4.39 Å². The van der Waals surface area contributed by atoms with Crippen LogP contribution in [0.3, 0.4) is 0 Å². The van der Waals surface area contributed by atoms with Gasteiger partial charge in [0, 0.05) is 6.07 Å². The average Bonchev–Trinajstić information content (AvgIpc) is 2.19. The molecule has 0 bridgehead atoms. The lowest BCUT2D eigenvalue weighted by Crippen LogP contribution is -2.04. The van der Waals surface area contributed by atoms with Crippen LogP contribution in [0.2, 0.25) is 5.02 Å². The third kappa shape index (κ3) is 1.96. The van der Waals surface area contributed by atoms with Crippen LogP contribution in [-0.4, -0.2) is 20.2 Å². The predicted octanol–water partition coefficient (Wildman–Crippen LogP) is 2.27. The smallest absolute Gasteiger partial charge is 0.340 e. The molecule has 0 saturated heterocycles. The van der Waals surface area contributed by atoms with Gasteiger partial charge in [-0.3, -0.25) is 0 Å². The van der Waals surface area contributed by atoms with E-state index in [2.05, 4.69) is 4.74 Å². The first-order valence-corrected chi connectivity index (χ1v) is 4.09. The van der Waals surface area contributed by atoms with E-state index in [1.807, 2.05) is 0 Å². The zero-order valence-corrected chi connectivity index (χ0v) is 8.39. The highest BCUT2D eigenvalue weighted by atomic mass is 35.5. The molecule has 0 saturated carbocycles. The van der Waals surface area contributed by atoms with E-state index in [0.717, 1.165) is 6.07 Å². The molecular formula is C9H8ClFO3. The Kier molecular flexibility index (Phi) is 3.30. The van der Waals surface area contributed by atoms with Crippen LogP contribution in [-0.2, 0) is 4.74 Å². The maximum absolute atomic E-state index is 13.2. The number of halogens is 2. The molecule has 0 amide bonds. The fraction of sp³-hybridized carbons (Fsp3) is 0.222. The van der Waals surface area contributed by atoms with Crippen LogP contribution in [0.15, 0.2) is 12.1 Å². The minimum atomic E-state index is -0.771. The molecule has 5 heteroatoms. The van der Waals surface area contributed by atoms with Crippen molar-refractivity contribution in [3.8, 4) is 5.75 Å². The Bertz CT molecular complexity index is 365. The van der Waals surface area contributed by atoms with Crippen LogP contribution >= 0.6 is 11.6 Å². The molecule has 14 heavy (non-hydrogen) atoms. The fourth-order valence-electron chi connectivity index (χ4n) is 0.951. The Morgan fingerprint density at radius 3 is 2.57 bits per heavy atom. The number of carbonyl (C=O) groups is 1. The van der Waals surface area contributed by atoms with Crippen molar-refractivity contribution in [1.82, 2.24) is 0 Å². The molecule has 0 unspecified atom stereocenters. The minimum absolute atomic E-state index is 0.161. The Morgan fingerprint density at radius 1 is 1.43 bits per heavy atom. The quantitative estimate of drug-likeness (QED) is 0.715. The molecule has 0 fully saturated rings. The summed E-state index contributed by atoms with van der Waals surface area (Å²) in [7, 11) is 2.53. The molecule has 0 aliphatic rings. The first kappa shape index (κ1) is 10.8. The molecule has 0 aliphatic heterocycles. The summed E-state index contributed by atoms with van der Waals surface area (Å²) in [6.07, 6.45) is 0.